The molecule has 0 saturated heterocycles. The van der Waals surface area contributed by atoms with E-state index >= 15 is 0 Å². The van der Waals surface area contributed by atoms with Gasteiger partial charge in [0.2, 0.25) is 0 Å². The van der Waals surface area contributed by atoms with Gasteiger partial charge in [0.15, 0.2) is 0 Å². The first kappa shape index (κ1) is 13.9. The van der Waals surface area contributed by atoms with E-state index in [0.29, 0.717) is 12.0 Å². The summed E-state index contributed by atoms with van der Waals surface area (Å²) in [7, 11) is 0. The summed E-state index contributed by atoms with van der Waals surface area (Å²) in [6.45, 7) is 12.4. The van der Waals surface area contributed by atoms with Crippen LogP contribution in [0.4, 0.5) is 0 Å². The molecule has 2 nitrogen and oxygen atoms in total. The first-order chi connectivity index (χ1) is 6.43. The fraction of sp³-hybridized carbons (Fsp3) is 1.00. The smallest absolute Gasteiger partial charge is 0.0436 e. The second-order valence-electron chi connectivity index (χ2n) is 5.28. The maximum absolute atomic E-state index is 8.91. The summed E-state index contributed by atoms with van der Waals surface area (Å²) in [5.41, 5.74) is 0.205. The summed E-state index contributed by atoms with van der Waals surface area (Å²) < 4.78 is 0. The second-order valence-corrected chi connectivity index (χ2v) is 5.28. The first-order valence-corrected chi connectivity index (χ1v) is 5.77. The maximum Gasteiger partial charge on any atom is 0.0436 e. The zero-order valence-electron chi connectivity index (χ0n) is 10.4. The molecule has 0 saturated carbocycles. The third-order valence-corrected chi connectivity index (χ3v) is 2.88. The molecule has 0 spiro atoms. The van der Waals surface area contributed by atoms with E-state index < -0.39 is 0 Å². The van der Waals surface area contributed by atoms with Crippen LogP contribution in [0.5, 0.6) is 0 Å². The number of hydrogen-bond acceptors (Lipinski definition) is 2. The Morgan fingerprint density at radius 2 is 1.86 bits per heavy atom. The molecule has 1 atom stereocenters. The predicted molar refractivity (Wildman–Crippen MR) is 62.4 cm³/mol. The molecule has 0 aliphatic heterocycles. The van der Waals surface area contributed by atoms with Crippen LogP contribution in [0.15, 0.2) is 0 Å². The van der Waals surface area contributed by atoms with Crippen LogP contribution in [0, 0.1) is 11.3 Å². The maximum atomic E-state index is 8.91. The highest BCUT2D eigenvalue weighted by Crippen LogP contribution is 2.19. The quantitative estimate of drug-likeness (QED) is 0.663. The summed E-state index contributed by atoms with van der Waals surface area (Å²) in [4.78, 5) is 0. The SMILES string of the molecule is CCC(NCC(C)(C)CCO)C(C)C. The Bertz CT molecular complexity index is 143. The van der Waals surface area contributed by atoms with Gasteiger partial charge in [-0.3, -0.25) is 0 Å². The molecule has 0 aliphatic carbocycles. The Hall–Kier alpha value is -0.0800. The van der Waals surface area contributed by atoms with Crippen molar-refractivity contribution < 1.29 is 5.11 Å². The lowest BCUT2D eigenvalue weighted by atomic mass is 9.88. The molecule has 0 heterocycles. The lowest BCUT2D eigenvalue weighted by molar-refractivity contribution is 0.197. The van der Waals surface area contributed by atoms with Gasteiger partial charge in [0, 0.05) is 19.2 Å². The predicted octanol–water partition coefficient (Wildman–Crippen LogP) is 2.42. The average Bonchev–Trinajstić information content (AvgIpc) is 2.04. The van der Waals surface area contributed by atoms with Crippen molar-refractivity contribution in [1.29, 1.82) is 0 Å². The van der Waals surface area contributed by atoms with Crippen molar-refractivity contribution in [3.05, 3.63) is 0 Å². The molecule has 0 aromatic rings. The van der Waals surface area contributed by atoms with Crippen molar-refractivity contribution in [3.63, 3.8) is 0 Å². The Morgan fingerprint density at radius 3 is 2.21 bits per heavy atom. The van der Waals surface area contributed by atoms with Gasteiger partial charge in [0.1, 0.15) is 0 Å². The average molecular weight is 201 g/mol. The lowest BCUT2D eigenvalue weighted by Crippen LogP contribution is -2.39. The Balaban J connectivity index is 3.89. The van der Waals surface area contributed by atoms with E-state index in [1.165, 1.54) is 6.42 Å². The van der Waals surface area contributed by atoms with Crippen LogP contribution in [0.25, 0.3) is 0 Å². The molecule has 86 valence electrons. The van der Waals surface area contributed by atoms with E-state index in [2.05, 4.69) is 39.9 Å². The highest BCUT2D eigenvalue weighted by molar-refractivity contribution is 4.76. The molecule has 0 amide bonds. The zero-order chi connectivity index (χ0) is 11.2. The van der Waals surface area contributed by atoms with E-state index in [0.717, 1.165) is 13.0 Å². The van der Waals surface area contributed by atoms with Gasteiger partial charge in [0.25, 0.3) is 0 Å². The topological polar surface area (TPSA) is 32.3 Å². The number of hydrogen-bond donors (Lipinski definition) is 2. The molecule has 2 heteroatoms. The molecule has 0 bridgehead atoms. The molecular formula is C12H27NO. The Labute approximate surface area is 89.1 Å². The fourth-order valence-corrected chi connectivity index (χ4v) is 1.65. The minimum absolute atomic E-state index is 0.205. The van der Waals surface area contributed by atoms with Crippen molar-refractivity contribution in [2.45, 2.75) is 53.5 Å². The molecule has 0 aliphatic rings. The van der Waals surface area contributed by atoms with Crippen LogP contribution in [0.1, 0.15) is 47.5 Å². The molecule has 0 rings (SSSR count). The highest BCUT2D eigenvalue weighted by Gasteiger charge is 2.19. The molecule has 1 unspecified atom stereocenters. The number of aliphatic hydroxyl groups excluding tert-OH is 1. The third-order valence-electron chi connectivity index (χ3n) is 2.88. The monoisotopic (exact) mass is 201 g/mol. The normalized spacial score (nSPS) is 14.8. The van der Waals surface area contributed by atoms with Crippen LogP contribution in [-0.4, -0.2) is 24.3 Å². The van der Waals surface area contributed by atoms with E-state index in [4.69, 9.17) is 5.11 Å². The van der Waals surface area contributed by atoms with Gasteiger partial charge in [-0.25, -0.2) is 0 Å². The fourth-order valence-electron chi connectivity index (χ4n) is 1.65. The molecule has 14 heavy (non-hydrogen) atoms. The summed E-state index contributed by atoms with van der Waals surface area (Å²) in [6.07, 6.45) is 2.04. The second kappa shape index (κ2) is 6.41. The van der Waals surface area contributed by atoms with Crippen molar-refractivity contribution in [3.8, 4) is 0 Å². The van der Waals surface area contributed by atoms with Gasteiger partial charge < -0.3 is 10.4 Å². The van der Waals surface area contributed by atoms with Gasteiger partial charge in [-0.05, 0) is 24.2 Å². The van der Waals surface area contributed by atoms with E-state index in [1.807, 2.05) is 0 Å². The molecule has 0 fully saturated rings. The van der Waals surface area contributed by atoms with Crippen molar-refractivity contribution in [1.82, 2.24) is 5.32 Å². The number of aliphatic hydroxyl groups is 1. The van der Waals surface area contributed by atoms with Gasteiger partial charge >= 0.3 is 0 Å². The minimum atomic E-state index is 0.205. The lowest BCUT2D eigenvalue weighted by Gasteiger charge is -2.29. The standard InChI is InChI=1S/C12H27NO/c1-6-11(10(2)3)13-9-12(4,5)7-8-14/h10-11,13-14H,6-9H2,1-5H3. The highest BCUT2D eigenvalue weighted by atomic mass is 16.3. The van der Waals surface area contributed by atoms with Gasteiger partial charge in [-0.15, -0.1) is 0 Å². The van der Waals surface area contributed by atoms with Crippen LogP contribution < -0.4 is 5.32 Å². The van der Waals surface area contributed by atoms with Crippen molar-refractivity contribution in [2.24, 2.45) is 11.3 Å². The van der Waals surface area contributed by atoms with Crippen LogP contribution in [-0.2, 0) is 0 Å². The van der Waals surface area contributed by atoms with Crippen molar-refractivity contribution >= 4 is 0 Å². The Morgan fingerprint density at radius 1 is 1.29 bits per heavy atom. The summed E-state index contributed by atoms with van der Waals surface area (Å²) in [6, 6.07) is 0.605. The van der Waals surface area contributed by atoms with E-state index in [9.17, 15) is 0 Å². The first-order valence-electron chi connectivity index (χ1n) is 5.77. The number of rotatable bonds is 7. The minimum Gasteiger partial charge on any atom is -0.396 e. The van der Waals surface area contributed by atoms with Gasteiger partial charge in [-0.2, -0.15) is 0 Å². The van der Waals surface area contributed by atoms with Crippen LogP contribution in [0.2, 0.25) is 0 Å². The number of nitrogens with one attached hydrogen (secondary N) is 1. The van der Waals surface area contributed by atoms with Gasteiger partial charge in [0.05, 0.1) is 0 Å². The summed E-state index contributed by atoms with van der Waals surface area (Å²) in [5.74, 6) is 0.685. The summed E-state index contributed by atoms with van der Waals surface area (Å²) >= 11 is 0. The largest absolute Gasteiger partial charge is 0.396 e. The molecule has 0 aromatic carbocycles. The zero-order valence-corrected chi connectivity index (χ0v) is 10.4. The third kappa shape index (κ3) is 5.61. The molecule has 2 N–H and O–H groups in total. The van der Waals surface area contributed by atoms with Gasteiger partial charge in [-0.1, -0.05) is 34.6 Å². The summed E-state index contributed by atoms with van der Waals surface area (Å²) in [5, 5.41) is 12.5. The van der Waals surface area contributed by atoms with Crippen LogP contribution >= 0.6 is 0 Å². The molecule has 0 radical (unpaired) electrons. The molecule has 0 aromatic heterocycles. The Kier molecular flexibility index (Phi) is 6.38. The van der Waals surface area contributed by atoms with Crippen molar-refractivity contribution in [2.75, 3.05) is 13.2 Å². The van der Waals surface area contributed by atoms with E-state index in [-0.39, 0.29) is 12.0 Å². The molecular weight excluding hydrogens is 174 g/mol. The van der Waals surface area contributed by atoms with E-state index in [1.54, 1.807) is 0 Å². The van der Waals surface area contributed by atoms with Crippen LogP contribution in [0.3, 0.4) is 0 Å².